The van der Waals surface area contributed by atoms with E-state index in [2.05, 4.69) is 19.2 Å². The highest BCUT2D eigenvalue weighted by Gasteiger charge is 2.29. The predicted molar refractivity (Wildman–Crippen MR) is 108 cm³/mol. The lowest BCUT2D eigenvalue weighted by Crippen LogP contribution is -2.37. The number of benzene rings is 2. The van der Waals surface area contributed by atoms with Crippen LogP contribution in [0.4, 0.5) is 0 Å². The zero-order chi connectivity index (χ0) is 19.4. The Balaban J connectivity index is 1.81. The highest BCUT2D eigenvalue weighted by atomic mass is 16.2. The van der Waals surface area contributed by atoms with Crippen molar-refractivity contribution in [1.29, 1.82) is 0 Å². The van der Waals surface area contributed by atoms with Gasteiger partial charge in [-0.2, -0.15) is 0 Å². The number of hydrogen-bond donors (Lipinski definition) is 1. The molecule has 2 aromatic rings. The summed E-state index contributed by atoms with van der Waals surface area (Å²) in [5, 5.41) is 3.17. The van der Waals surface area contributed by atoms with Crippen LogP contribution in [-0.2, 0) is 9.59 Å². The topological polar surface area (TPSA) is 49.4 Å². The molecule has 0 saturated carbocycles. The summed E-state index contributed by atoms with van der Waals surface area (Å²) in [7, 11) is 0. The van der Waals surface area contributed by atoms with Crippen LogP contribution >= 0.6 is 0 Å². The molecule has 0 radical (unpaired) electrons. The molecule has 4 nitrogen and oxygen atoms in total. The zero-order valence-corrected chi connectivity index (χ0v) is 16.1. The first-order valence-electron chi connectivity index (χ1n) is 9.37. The molecule has 140 valence electrons. The third-order valence-electron chi connectivity index (χ3n) is 4.99. The first-order chi connectivity index (χ1) is 13.0. The van der Waals surface area contributed by atoms with E-state index in [-0.39, 0.29) is 36.2 Å². The fourth-order valence-electron chi connectivity index (χ4n) is 3.62. The Morgan fingerprint density at radius 2 is 1.70 bits per heavy atom. The molecule has 0 aliphatic carbocycles. The third kappa shape index (κ3) is 4.27. The molecule has 0 aromatic heterocycles. The Kier molecular flexibility index (Phi) is 5.75. The van der Waals surface area contributed by atoms with Gasteiger partial charge in [0.2, 0.25) is 11.8 Å². The number of amides is 2. The van der Waals surface area contributed by atoms with Crippen molar-refractivity contribution < 1.29 is 9.59 Å². The van der Waals surface area contributed by atoms with Crippen LogP contribution in [0.15, 0.2) is 60.8 Å². The van der Waals surface area contributed by atoms with E-state index < -0.39 is 0 Å². The van der Waals surface area contributed by atoms with Gasteiger partial charge in [0.05, 0.1) is 18.5 Å². The molecule has 27 heavy (non-hydrogen) atoms. The number of fused-ring (bicyclic) bond motifs is 1. The van der Waals surface area contributed by atoms with Gasteiger partial charge in [0, 0.05) is 13.1 Å². The summed E-state index contributed by atoms with van der Waals surface area (Å²) < 4.78 is 0. The zero-order valence-electron chi connectivity index (χ0n) is 16.1. The smallest absolute Gasteiger partial charge is 0.223 e. The SMILES string of the molecule is CC(=O)N1C=Cc2ccccc2C1CC(=O)NC(c1ccccc1)C(C)C. The number of nitrogens with one attached hydrogen (secondary N) is 1. The van der Waals surface area contributed by atoms with E-state index in [1.165, 1.54) is 6.92 Å². The quantitative estimate of drug-likeness (QED) is 0.853. The van der Waals surface area contributed by atoms with Gasteiger partial charge in [-0.1, -0.05) is 68.4 Å². The van der Waals surface area contributed by atoms with Crippen molar-refractivity contribution in [3.05, 3.63) is 77.5 Å². The molecular weight excluding hydrogens is 336 g/mol. The van der Waals surface area contributed by atoms with Crippen LogP contribution in [0, 0.1) is 5.92 Å². The molecule has 0 saturated heterocycles. The van der Waals surface area contributed by atoms with Gasteiger partial charge in [0.1, 0.15) is 0 Å². The first-order valence-corrected chi connectivity index (χ1v) is 9.37. The second kappa shape index (κ2) is 8.21. The summed E-state index contributed by atoms with van der Waals surface area (Å²) in [6.45, 7) is 5.72. The van der Waals surface area contributed by atoms with Crippen molar-refractivity contribution in [1.82, 2.24) is 10.2 Å². The number of nitrogens with zero attached hydrogens (tertiary/aromatic N) is 1. The standard InChI is InChI=1S/C23H26N2O2/c1-16(2)23(19-10-5-4-6-11-19)24-22(27)15-21-20-12-8-7-9-18(20)13-14-25(21)17(3)26/h4-14,16,21,23H,15H2,1-3H3,(H,24,27). The van der Waals surface area contributed by atoms with Gasteiger partial charge in [-0.25, -0.2) is 0 Å². The maximum Gasteiger partial charge on any atom is 0.223 e. The van der Waals surface area contributed by atoms with Gasteiger partial charge in [-0.3, -0.25) is 9.59 Å². The average Bonchev–Trinajstić information content (AvgIpc) is 2.66. The summed E-state index contributed by atoms with van der Waals surface area (Å²) in [5.41, 5.74) is 3.15. The normalized spacial score (nSPS) is 16.7. The Bertz CT molecular complexity index is 842. The van der Waals surface area contributed by atoms with Crippen LogP contribution in [0.5, 0.6) is 0 Å². The van der Waals surface area contributed by atoms with E-state index in [0.29, 0.717) is 0 Å². The van der Waals surface area contributed by atoms with E-state index in [0.717, 1.165) is 16.7 Å². The molecule has 1 aliphatic rings. The summed E-state index contributed by atoms with van der Waals surface area (Å²) in [5.74, 6) is 0.139. The molecular formula is C23H26N2O2. The number of hydrogen-bond acceptors (Lipinski definition) is 2. The maximum absolute atomic E-state index is 12.9. The second-order valence-corrected chi connectivity index (χ2v) is 7.29. The molecule has 2 unspecified atom stereocenters. The van der Waals surface area contributed by atoms with Gasteiger partial charge in [0.15, 0.2) is 0 Å². The minimum Gasteiger partial charge on any atom is -0.349 e. The largest absolute Gasteiger partial charge is 0.349 e. The van der Waals surface area contributed by atoms with E-state index >= 15 is 0 Å². The lowest BCUT2D eigenvalue weighted by atomic mass is 9.92. The molecule has 2 aromatic carbocycles. The molecule has 3 rings (SSSR count). The molecule has 0 bridgehead atoms. The van der Waals surface area contributed by atoms with Crippen molar-refractivity contribution in [2.24, 2.45) is 5.92 Å². The fourth-order valence-corrected chi connectivity index (χ4v) is 3.62. The maximum atomic E-state index is 12.9. The minimum absolute atomic E-state index is 0.0566. The Hall–Kier alpha value is -2.88. The molecule has 0 spiro atoms. The van der Waals surface area contributed by atoms with Crippen molar-refractivity contribution in [2.45, 2.75) is 39.3 Å². The second-order valence-electron chi connectivity index (χ2n) is 7.29. The van der Waals surface area contributed by atoms with Crippen LogP contribution in [0.3, 0.4) is 0 Å². The molecule has 1 N–H and O–H groups in total. The molecule has 0 fully saturated rings. The van der Waals surface area contributed by atoms with Crippen LogP contribution in [0.1, 0.15) is 56.0 Å². The van der Waals surface area contributed by atoms with Gasteiger partial charge in [0.25, 0.3) is 0 Å². The van der Waals surface area contributed by atoms with Crippen molar-refractivity contribution in [2.75, 3.05) is 0 Å². The Morgan fingerprint density at radius 1 is 1.04 bits per heavy atom. The van der Waals surface area contributed by atoms with Gasteiger partial charge >= 0.3 is 0 Å². The van der Waals surface area contributed by atoms with Gasteiger partial charge in [-0.05, 0) is 28.7 Å². The summed E-state index contributed by atoms with van der Waals surface area (Å²) in [6.07, 6.45) is 3.93. The molecule has 4 heteroatoms. The lowest BCUT2D eigenvalue weighted by molar-refractivity contribution is -0.130. The van der Waals surface area contributed by atoms with Crippen molar-refractivity contribution in [3.63, 3.8) is 0 Å². The van der Waals surface area contributed by atoms with Gasteiger partial charge < -0.3 is 10.2 Å². The highest BCUT2D eigenvalue weighted by molar-refractivity contribution is 5.82. The number of rotatable bonds is 5. The Labute approximate surface area is 160 Å². The predicted octanol–water partition coefficient (Wildman–Crippen LogP) is 4.46. The first kappa shape index (κ1) is 18.9. The Morgan fingerprint density at radius 3 is 2.37 bits per heavy atom. The molecule has 1 heterocycles. The van der Waals surface area contributed by atoms with Crippen LogP contribution in [-0.4, -0.2) is 16.7 Å². The van der Waals surface area contributed by atoms with Gasteiger partial charge in [-0.15, -0.1) is 0 Å². The van der Waals surface area contributed by atoms with Crippen molar-refractivity contribution >= 4 is 17.9 Å². The number of carbonyl (C=O) groups is 2. The lowest BCUT2D eigenvalue weighted by Gasteiger charge is -2.33. The monoisotopic (exact) mass is 362 g/mol. The summed E-state index contributed by atoms with van der Waals surface area (Å²) >= 11 is 0. The number of carbonyl (C=O) groups excluding carboxylic acids is 2. The van der Waals surface area contributed by atoms with E-state index in [1.807, 2.05) is 60.7 Å². The highest BCUT2D eigenvalue weighted by Crippen LogP contribution is 2.33. The molecule has 2 amide bonds. The summed E-state index contributed by atoms with van der Waals surface area (Å²) in [6, 6.07) is 17.6. The van der Waals surface area contributed by atoms with E-state index in [9.17, 15) is 9.59 Å². The average molecular weight is 362 g/mol. The molecule has 2 atom stereocenters. The van der Waals surface area contributed by atoms with Crippen molar-refractivity contribution in [3.8, 4) is 0 Å². The fraction of sp³-hybridized carbons (Fsp3) is 0.304. The van der Waals surface area contributed by atoms with Crippen LogP contribution in [0.25, 0.3) is 6.08 Å². The van der Waals surface area contributed by atoms with Crippen LogP contribution in [0.2, 0.25) is 0 Å². The molecule has 1 aliphatic heterocycles. The van der Waals surface area contributed by atoms with E-state index in [4.69, 9.17) is 0 Å². The minimum atomic E-state index is -0.285. The summed E-state index contributed by atoms with van der Waals surface area (Å²) in [4.78, 5) is 26.6. The van der Waals surface area contributed by atoms with E-state index in [1.54, 1.807) is 11.1 Å². The van der Waals surface area contributed by atoms with Crippen LogP contribution < -0.4 is 5.32 Å². The third-order valence-corrected chi connectivity index (χ3v) is 4.99.